The van der Waals surface area contributed by atoms with Crippen molar-refractivity contribution in [3.05, 3.63) is 0 Å². The van der Waals surface area contributed by atoms with Crippen molar-refractivity contribution >= 4 is 0 Å². The second-order valence-corrected chi connectivity index (χ2v) is 4.56. The maximum atomic E-state index is 9.37. The van der Waals surface area contributed by atoms with Gasteiger partial charge < -0.3 is 19.3 Å². The molecule has 2 fully saturated rings. The quantitative estimate of drug-likeness (QED) is 0.725. The fourth-order valence-electron chi connectivity index (χ4n) is 2.07. The second-order valence-electron chi connectivity index (χ2n) is 4.56. The van der Waals surface area contributed by atoms with Crippen molar-refractivity contribution in [3.63, 3.8) is 0 Å². The van der Waals surface area contributed by atoms with Crippen LogP contribution in [0, 0.1) is 5.92 Å². The highest BCUT2D eigenvalue weighted by molar-refractivity contribution is 4.98. The first-order chi connectivity index (χ1) is 6.53. The minimum absolute atomic E-state index is 0.0139. The van der Waals surface area contributed by atoms with Crippen molar-refractivity contribution < 1.29 is 19.3 Å². The molecule has 4 heteroatoms. The molecule has 4 atom stereocenters. The van der Waals surface area contributed by atoms with Gasteiger partial charge in [0, 0.05) is 13.0 Å². The van der Waals surface area contributed by atoms with Crippen LogP contribution in [0.3, 0.4) is 0 Å². The van der Waals surface area contributed by atoms with E-state index in [0.717, 1.165) is 6.42 Å². The van der Waals surface area contributed by atoms with Gasteiger partial charge >= 0.3 is 0 Å². The number of ether oxygens (including phenoxy) is 3. The zero-order chi connectivity index (χ0) is 10.3. The van der Waals surface area contributed by atoms with Crippen molar-refractivity contribution in [3.8, 4) is 0 Å². The van der Waals surface area contributed by atoms with Gasteiger partial charge in [-0.15, -0.1) is 0 Å². The average Bonchev–Trinajstić information content (AvgIpc) is 2.69. The summed E-state index contributed by atoms with van der Waals surface area (Å²) in [6.07, 6.45) is 0.554. The van der Waals surface area contributed by atoms with E-state index in [2.05, 4.69) is 0 Å². The van der Waals surface area contributed by atoms with Crippen molar-refractivity contribution in [1.82, 2.24) is 0 Å². The summed E-state index contributed by atoms with van der Waals surface area (Å²) in [5.74, 6) is -0.312. The maximum absolute atomic E-state index is 9.37. The average molecular weight is 202 g/mol. The minimum atomic E-state index is -0.545. The van der Waals surface area contributed by atoms with Crippen LogP contribution < -0.4 is 0 Å². The summed E-state index contributed by atoms with van der Waals surface area (Å²) in [5, 5.41) is 9.37. The molecule has 0 spiro atoms. The van der Waals surface area contributed by atoms with Gasteiger partial charge in [-0.25, -0.2) is 0 Å². The molecule has 0 aromatic rings. The van der Waals surface area contributed by atoms with Gasteiger partial charge in [0.1, 0.15) is 6.10 Å². The molecular weight excluding hydrogens is 184 g/mol. The number of aliphatic hydroxyl groups excluding tert-OH is 1. The molecule has 2 rings (SSSR count). The highest BCUT2D eigenvalue weighted by atomic mass is 16.8. The lowest BCUT2D eigenvalue weighted by molar-refractivity contribution is -0.151. The van der Waals surface area contributed by atoms with E-state index in [4.69, 9.17) is 14.2 Å². The van der Waals surface area contributed by atoms with Crippen LogP contribution in [0.15, 0.2) is 0 Å². The second kappa shape index (κ2) is 3.45. The SMILES string of the molecule is COCC1OC(C)(C)OC1C1CC1O. The topological polar surface area (TPSA) is 47.9 Å². The highest BCUT2D eigenvalue weighted by Crippen LogP contribution is 2.43. The van der Waals surface area contributed by atoms with Gasteiger partial charge in [-0.3, -0.25) is 0 Å². The Labute approximate surface area is 84.1 Å². The highest BCUT2D eigenvalue weighted by Gasteiger charge is 2.53. The molecule has 1 aliphatic carbocycles. The van der Waals surface area contributed by atoms with Crippen LogP contribution in [0.1, 0.15) is 20.3 Å². The van der Waals surface area contributed by atoms with E-state index in [0.29, 0.717) is 6.61 Å². The molecule has 1 heterocycles. The van der Waals surface area contributed by atoms with Crippen LogP contribution in [-0.4, -0.2) is 42.9 Å². The lowest BCUT2D eigenvalue weighted by Gasteiger charge is -2.16. The molecule has 0 aromatic carbocycles. The summed E-state index contributed by atoms with van der Waals surface area (Å²) in [5.41, 5.74) is 0. The predicted octanol–water partition coefficient (Wildman–Crippen LogP) is 0.534. The van der Waals surface area contributed by atoms with E-state index in [9.17, 15) is 5.11 Å². The Hall–Kier alpha value is -0.160. The van der Waals surface area contributed by atoms with Gasteiger partial charge in [-0.2, -0.15) is 0 Å². The Morgan fingerprint density at radius 2 is 2.07 bits per heavy atom. The molecule has 0 radical (unpaired) electrons. The molecular formula is C10H18O4. The Kier molecular flexibility index (Phi) is 2.55. The van der Waals surface area contributed by atoms with Gasteiger partial charge in [0.25, 0.3) is 0 Å². The van der Waals surface area contributed by atoms with Gasteiger partial charge in [0.05, 0.1) is 18.8 Å². The molecule has 1 aliphatic heterocycles. The van der Waals surface area contributed by atoms with E-state index in [1.807, 2.05) is 13.8 Å². The molecule has 4 unspecified atom stereocenters. The molecule has 1 N–H and O–H groups in total. The molecule has 0 aromatic heterocycles. The Morgan fingerprint density at radius 3 is 2.57 bits per heavy atom. The number of methoxy groups -OCH3 is 1. The smallest absolute Gasteiger partial charge is 0.163 e. The zero-order valence-electron chi connectivity index (χ0n) is 8.90. The molecule has 2 aliphatic rings. The fraction of sp³-hybridized carbons (Fsp3) is 1.00. The summed E-state index contributed by atoms with van der Waals surface area (Å²) in [7, 11) is 1.65. The van der Waals surface area contributed by atoms with Crippen LogP contribution in [0.25, 0.3) is 0 Å². The number of rotatable bonds is 3. The van der Waals surface area contributed by atoms with Crippen LogP contribution in [-0.2, 0) is 14.2 Å². The molecule has 4 nitrogen and oxygen atoms in total. The molecule has 0 amide bonds. The molecule has 0 bridgehead atoms. The Bertz CT molecular complexity index is 216. The van der Waals surface area contributed by atoms with E-state index >= 15 is 0 Å². The van der Waals surface area contributed by atoms with E-state index in [1.165, 1.54) is 0 Å². The minimum Gasteiger partial charge on any atom is -0.393 e. The predicted molar refractivity (Wildman–Crippen MR) is 49.8 cm³/mol. The van der Waals surface area contributed by atoms with E-state index in [1.54, 1.807) is 7.11 Å². The lowest BCUT2D eigenvalue weighted by atomic mass is 10.1. The van der Waals surface area contributed by atoms with Crippen molar-refractivity contribution in [1.29, 1.82) is 0 Å². The lowest BCUT2D eigenvalue weighted by Crippen LogP contribution is -2.30. The number of hydrogen-bond donors (Lipinski definition) is 1. The number of hydrogen-bond acceptors (Lipinski definition) is 4. The summed E-state index contributed by atoms with van der Waals surface area (Å²) in [4.78, 5) is 0. The van der Waals surface area contributed by atoms with E-state index < -0.39 is 5.79 Å². The van der Waals surface area contributed by atoms with Crippen LogP contribution in [0.5, 0.6) is 0 Å². The van der Waals surface area contributed by atoms with Gasteiger partial charge in [-0.1, -0.05) is 0 Å². The standard InChI is InChI=1S/C10H18O4/c1-10(2)13-8(5-12-3)9(14-10)6-4-7(6)11/h6-9,11H,4-5H2,1-3H3. The van der Waals surface area contributed by atoms with Crippen molar-refractivity contribution in [2.24, 2.45) is 5.92 Å². The zero-order valence-corrected chi connectivity index (χ0v) is 8.90. The third-order valence-electron chi connectivity index (χ3n) is 2.78. The molecule has 1 saturated carbocycles. The van der Waals surface area contributed by atoms with Crippen molar-refractivity contribution in [2.75, 3.05) is 13.7 Å². The first kappa shape index (κ1) is 10.4. The molecule has 14 heavy (non-hydrogen) atoms. The van der Waals surface area contributed by atoms with Crippen LogP contribution in [0.2, 0.25) is 0 Å². The van der Waals surface area contributed by atoms with Gasteiger partial charge in [-0.05, 0) is 20.3 Å². The fourth-order valence-corrected chi connectivity index (χ4v) is 2.07. The Balaban J connectivity index is 1.99. The first-order valence-electron chi connectivity index (χ1n) is 5.06. The van der Waals surface area contributed by atoms with Gasteiger partial charge in [0.15, 0.2) is 5.79 Å². The van der Waals surface area contributed by atoms with Gasteiger partial charge in [0.2, 0.25) is 0 Å². The third kappa shape index (κ3) is 1.93. The first-order valence-corrected chi connectivity index (χ1v) is 5.06. The summed E-state index contributed by atoms with van der Waals surface area (Å²) in [6, 6.07) is 0. The summed E-state index contributed by atoms with van der Waals surface area (Å²) >= 11 is 0. The van der Waals surface area contributed by atoms with E-state index in [-0.39, 0.29) is 24.2 Å². The third-order valence-corrected chi connectivity index (χ3v) is 2.78. The molecule has 1 saturated heterocycles. The summed E-state index contributed by atoms with van der Waals surface area (Å²) < 4.78 is 16.5. The van der Waals surface area contributed by atoms with Crippen LogP contribution >= 0.6 is 0 Å². The summed E-state index contributed by atoms with van der Waals surface area (Å²) in [6.45, 7) is 4.31. The van der Waals surface area contributed by atoms with Crippen molar-refractivity contribution in [2.45, 2.75) is 44.4 Å². The normalized spacial score (nSPS) is 45.4. The monoisotopic (exact) mass is 202 g/mol. The molecule has 82 valence electrons. The van der Waals surface area contributed by atoms with Crippen LogP contribution in [0.4, 0.5) is 0 Å². The number of aliphatic hydroxyl groups is 1. The largest absolute Gasteiger partial charge is 0.393 e. The Morgan fingerprint density at radius 1 is 1.43 bits per heavy atom. The maximum Gasteiger partial charge on any atom is 0.163 e.